The van der Waals surface area contributed by atoms with E-state index in [0.29, 0.717) is 19.0 Å². The van der Waals surface area contributed by atoms with Crippen LogP contribution in [-0.4, -0.2) is 35.3 Å². The molecular formula is C11H18N2O4S. The van der Waals surface area contributed by atoms with E-state index in [1.54, 1.807) is 0 Å². The van der Waals surface area contributed by atoms with Crippen LogP contribution >= 0.6 is 0 Å². The standard InChI is InChI=1S/C11H18N2O4S/c1-3-17-7-6-13-18(14,15)9-4-5-11(16-2)10(12)8-9/h4-5,8,13H,3,6-7,12H2,1-2H3. The number of benzene rings is 1. The molecule has 1 aromatic carbocycles. The Hall–Kier alpha value is -1.31. The molecule has 0 saturated carbocycles. The molecule has 0 aliphatic rings. The van der Waals surface area contributed by atoms with Gasteiger partial charge in [0.1, 0.15) is 5.75 Å². The van der Waals surface area contributed by atoms with Crippen molar-refractivity contribution in [2.75, 3.05) is 32.6 Å². The molecule has 0 radical (unpaired) electrons. The minimum absolute atomic E-state index is 0.109. The van der Waals surface area contributed by atoms with Gasteiger partial charge in [0.15, 0.2) is 0 Å². The first-order valence-electron chi connectivity index (χ1n) is 5.52. The zero-order valence-electron chi connectivity index (χ0n) is 10.5. The summed E-state index contributed by atoms with van der Waals surface area (Å²) in [5, 5.41) is 0. The average molecular weight is 274 g/mol. The van der Waals surface area contributed by atoms with E-state index in [1.165, 1.54) is 25.3 Å². The van der Waals surface area contributed by atoms with E-state index in [0.717, 1.165) is 0 Å². The van der Waals surface area contributed by atoms with Crippen LogP contribution in [0.5, 0.6) is 5.75 Å². The summed E-state index contributed by atoms with van der Waals surface area (Å²) < 4.78 is 36.2. The van der Waals surface area contributed by atoms with Gasteiger partial charge in [-0.05, 0) is 25.1 Å². The predicted molar refractivity (Wildman–Crippen MR) is 69.1 cm³/mol. The van der Waals surface area contributed by atoms with Crippen LogP contribution in [-0.2, 0) is 14.8 Å². The fourth-order valence-electron chi connectivity index (χ4n) is 1.36. The van der Waals surface area contributed by atoms with Crippen LogP contribution in [0.15, 0.2) is 23.1 Å². The maximum atomic E-state index is 11.9. The Bertz CT molecular complexity index is 488. The Labute approximate surface area is 107 Å². The van der Waals surface area contributed by atoms with Crippen LogP contribution in [0.1, 0.15) is 6.92 Å². The summed E-state index contributed by atoms with van der Waals surface area (Å²) in [5.41, 5.74) is 5.95. The molecule has 1 aromatic rings. The van der Waals surface area contributed by atoms with Gasteiger partial charge < -0.3 is 15.2 Å². The van der Waals surface area contributed by atoms with Gasteiger partial charge in [-0.15, -0.1) is 0 Å². The van der Waals surface area contributed by atoms with Crippen molar-refractivity contribution in [3.8, 4) is 5.75 Å². The van der Waals surface area contributed by atoms with Crippen molar-refractivity contribution in [1.29, 1.82) is 0 Å². The number of nitrogens with one attached hydrogen (secondary N) is 1. The molecule has 0 fully saturated rings. The lowest BCUT2D eigenvalue weighted by atomic mass is 10.3. The molecule has 0 aliphatic carbocycles. The molecule has 6 nitrogen and oxygen atoms in total. The molecule has 0 spiro atoms. The molecule has 0 heterocycles. The SMILES string of the molecule is CCOCCNS(=O)(=O)c1ccc(OC)c(N)c1. The van der Waals surface area contributed by atoms with Gasteiger partial charge in [-0.25, -0.2) is 13.1 Å². The second-order valence-corrected chi connectivity index (χ2v) is 5.27. The zero-order chi connectivity index (χ0) is 13.6. The van der Waals surface area contributed by atoms with Crippen LogP contribution < -0.4 is 15.2 Å². The number of hydrogen-bond acceptors (Lipinski definition) is 5. The van der Waals surface area contributed by atoms with Crippen molar-refractivity contribution in [3.63, 3.8) is 0 Å². The van der Waals surface area contributed by atoms with E-state index in [1.807, 2.05) is 6.92 Å². The molecule has 0 amide bonds. The fourth-order valence-corrected chi connectivity index (χ4v) is 2.40. The van der Waals surface area contributed by atoms with Gasteiger partial charge in [0.25, 0.3) is 0 Å². The van der Waals surface area contributed by atoms with E-state index in [4.69, 9.17) is 15.2 Å². The van der Waals surface area contributed by atoms with E-state index in [9.17, 15) is 8.42 Å². The van der Waals surface area contributed by atoms with Gasteiger partial charge in [-0.3, -0.25) is 0 Å². The van der Waals surface area contributed by atoms with Gasteiger partial charge in [0.05, 0.1) is 24.3 Å². The summed E-state index contributed by atoms with van der Waals surface area (Å²) in [6.07, 6.45) is 0. The maximum Gasteiger partial charge on any atom is 0.240 e. The number of anilines is 1. The van der Waals surface area contributed by atoms with E-state index >= 15 is 0 Å². The molecule has 0 bridgehead atoms. The smallest absolute Gasteiger partial charge is 0.240 e. The lowest BCUT2D eigenvalue weighted by molar-refractivity contribution is 0.153. The number of hydrogen-bond donors (Lipinski definition) is 2. The van der Waals surface area contributed by atoms with Gasteiger partial charge in [0, 0.05) is 13.2 Å². The number of ether oxygens (including phenoxy) is 2. The minimum atomic E-state index is -3.55. The highest BCUT2D eigenvalue weighted by atomic mass is 32.2. The maximum absolute atomic E-state index is 11.9. The normalized spacial score (nSPS) is 11.4. The van der Waals surface area contributed by atoms with Crippen LogP contribution in [0.3, 0.4) is 0 Å². The van der Waals surface area contributed by atoms with Crippen LogP contribution in [0, 0.1) is 0 Å². The molecule has 0 saturated heterocycles. The minimum Gasteiger partial charge on any atom is -0.495 e. The molecule has 0 aromatic heterocycles. The Balaban J connectivity index is 2.76. The van der Waals surface area contributed by atoms with Crippen molar-refractivity contribution in [1.82, 2.24) is 4.72 Å². The topological polar surface area (TPSA) is 90.6 Å². The van der Waals surface area contributed by atoms with E-state index in [2.05, 4.69) is 4.72 Å². The summed E-state index contributed by atoms with van der Waals surface area (Å²) in [4.78, 5) is 0.109. The number of nitrogens with two attached hydrogens (primary N) is 1. The van der Waals surface area contributed by atoms with E-state index in [-0.39, 0.29) is 17.1 Å². The molecular weight excluding hydrogens is 256 g/mol. The van der Waals surface area contributed by atoms with Gasteiger partial charge >= 0.3 is 0 Å². The summed E-state index contributed by atoms with van der Waals surface area (Å²) in [7, 11) is -2.08. The Morgan fingerprint density at radius 3 is 2.67 bits per heavy atom. The third-order valence-electron chi connectivity index (χ3n) is 2.25. The van der Waals surface area contributed by atoms with Crippen molar-refractivity contribution in [2.45, 2.75) is 11.8 Å². The third kappa shape index (κ3) is 3.86. The Morgan fingerprint density at radius 1 is 1.39 bits per heavy atom. The largest absolute Gasteiger partial charge is 0.495 e. The lowest BCUT2D eigenvalue weighted by Gasteiger charge is -2.09. The van der Waals surface area contributed by atoms with Crippen molar-refractivity contribution >= 4 is 15.7 Å². The number of methoxy groups -OCH3 is 1. The highest BCUT2D eigenvalue weighted by molar-refractivity contribution is 7.89. The molecule has 102 valence electrons. The average Bonchev–Trinajstić information content (AvgIpc) is 2.34. The van der Waals surface area contributed by atoms with Gasteiger partial charge in [-0.2, -0.15) is 0 Å². The molecule has 7 heteroatoms. The molecule has 18 heavy (non-hydrogen) atoms. The zero-order valence-corrected chi connectivity index (χ0v) is 11.3. The molecule has 3 N–H and O–H groups in total. The van der Waals surface area contributed by atoms with Crippen LogP contribution in [0.4, 0.5) is 5.69 Å². The second kappa shape index (κ2) is 6.58. The summed E-state index contributed by atoms with van der Waals surface area (Å²) in [6.45, 7) is 2.96. The monoisotopic (exact) mass is 274 g/mol. The first kappa shape index (κ1) is 14.7. The predicted octanol–water partition coefficient (Wildman–Crippen LogP) is 0.592. The molecule has 1 rings (SSSR count). The van der Waals surface area contributed by atoms with Crippen LogP contribution in [0.2, 0.25) is 0 Å². The van der Waals surface area contributed by atoms with E-state index < -0.39 is 10.0 Å². The second-order valence-electron chi connectivity index (χ2n) is 3.50. The van der Waals surface area contributed by atoms with Crippen molar-refractivity contribution < 1.29 is 17.9 Å². The third-order valence-corrected chi connectivity index (χ3v) is 3.71. The highest BCUT2D eigenvalue weighted by Gasteiger charge is 2.14. The van der Waals surface area contributed by atoms with Gasteiger partial charge in [-0.1, -0.05) is 0 Å². The van der Waals surface area contributed by atoms with Crippen molar-refractivity contribution in [2.24, 2.45) is 0 Å². The molecule has 0 unspecified atom stereocenters. The molecule has 0 aliphatic heterocycles. The first-order chi connectivity index (χ1) is 8.51. The number of sulfonamides is 1. The van der Waals surface area contributed by atoms with Crippen LogP contribution in [0.25, 0.3) is 0 Å². The summed E-state index contributed by atoms with van der Waals surface area (Å²) in [6, 6.07) is 4.33. The number of nitrogen functional groups attached to an aromatic ring is 1. The van der Waals surface area contributed by atoms with Gasteiger partial charge in [0.2, 0.25) is 10.0 Å². The summed E-state index contributed by atoms with van der Waals surface area (Å²) in [5.74, 6) is 0.447. The number of rotatable bonds is 7. The highest BCUT2D eigenvalue weighted by Crippen LogP contribution is 2.24. The Morgan fingerprint density at radius 2 is 2.11 bits per heavy atom. The fraction of sp³-hybridized carbons (Fsp3) is 0.455. The summed E-state index contributed by atoms with van der Waals surface area (Å²) >= 11 is 0. The quantitative estimate of drug-likeness (QED) is 0.561. The Kier molecular flexibility index (Phi) is 5.39. The first-order valence-corrected chi connectivity index (χ1v) is 7.00. The lowest BCUT2D eigenvalue weighted by Crippen LogP contribution is -2.27. The van der Waals surface area contributed by atoms with Crippen molar-refractivity contribution in [3.05, 3.63) is 18.2 Å². The molecule has 0 atom stereocenters.